The fourth-order valence-corrected chi connectivity index (χ4v) is 2.73. The van der Waals surface area contributed by atoms with Gasteiger partial charge in [0.15, 0.2) is 0 Å². The van der Waals surface area contributed by atoms with Crippen LogP contribution in [0.3, 0.4) is 0 Å². The predicted molar refractivity (Wildman–Crippen MR) is 57.6 cm³/mol. The van der Waals surface area contributed by atoms with Gasteiger partial charge in [0, 0.05) is 11.3 Å². The van der Waals surface area contributed by atoms with E-state index in [1.54, 1.807) is 11.0 Å². The molecule has 2 atom stereocenters. The molecule has 1 aliphatic carbocycles. The van der Waals surface area contributed by atoms with Crippen molar-refractivity contribution < 1.29 is 5.11 Å². The molecule has 1 aromatic heterocycles. The molecule has 0 spiro atoms. The van der Waals surface area contributed by atoms with Gasteiger partial charge in [-0.15, -0.1) is 11.6 Å². The molecule has 84 valence electrons. The Kier molecular flexibility index (Phi) is 2.73. The largest absolute Gasteiger partial charge is 0.387 e. The molecule has 0 radical (unpaired) electrons. The number of hydrogen-bond donors (Lipinski definition) is 1. The van der Waals surface area contributed by atoms with Crippen LogP contribution in [0.1, 0.15) is 26.2 Å². The Labute approximate surface area is 94.3 Å². The molecule has 1 aliphatic rings. The van der Waals surface area contributed by atoms with E-state index >= 15 is 0 Å². The second kappa shape index (κ2) is 3.76. The van der Waals surface area contributed by atoms with Crippen molar-refractivity contribution in [2.75, 3.05) is 5.88 Å². The highest BCUT2D eigenvalue weighted by atomic mass is 35.5. The summed E-state index contributed by atoms with van der Waals surface area (Å²) < 4.78 is 1.68. The van der Waals surface area contributed by atoms with E-state index < -0.39 is 5.60 Å². The van der Waals surface area contributed by atoms with Crippen LogP contribution >= 0.6 is 11.6 Å². The summed E-state index contributed by atoms with van der Waals surface area (Å²) in [6, 6.07) is 0. The SMILES string of the molecule is CC1(CCl)CCC[C@]1(O)Cn1cncn1. The van der Waals surface area contributed by atoms with E-state index in [0.717, 1.165) is 19.3 Å². The minimum Gasteiger partial charge on any atom is -0.387 e. The van der Waals surface area contributed by atoms with Gasteiger partial charge in [-0.3, -0.25) is 4.68 Å². The van der Waals surface area contributed by atoms with Crippen LogP contribution in [-0.4, -0.2) is 31.4 Å². The Balaban J connectivity index is 2.18. The summed E-state index contributed by atoms with van der Waals surface area (Å²) in [5.41, 5.74) is -0.955. The van der Waals surface area contributed by atoms with Gasteiger partial charge in [-0.2, -0.15) is 5.10 Å². The van der Waals surface area contributed by atoms with Crippen LogP contribution in [0.5, 0.6) is 0 Å². The maximum absolute atomic E-state index is 10.6. The fraction of sp³-hybridized carbons (Fsp3) is 0.800. The van der Waals surface area contributed by atoms with Gasteiger partial charge < -0.3 is 5.11 Å². The van der Waals surface area contributed by atoms with Crippen LogP contribution in [0.4, 0.5) is 0 Å². The van der Waals surface area contributed by atoms with Crippen molar-refractivity contribution in [1.29, 1.82) is 0 Å². The lowest BCUT2D eigenvalue weighted by Crippen LogP contribution is -2.46. The van der Waals surface area contributed by atoms with Crippen molar-refractivity contribution in [3.63, 3.8) is 0 Å². The predicted octanol–water partition coefficient (Wildman–Crippen LogP) is 1.44. The average molecular weight is 230 g/mol. The number of nitrogens with zero attached hydrogens (tertiary/aromatic N) is 3. The maximum atomic E-state index is 10.6. The summed E-state index contributed by atoms with van der Waals surface area (Å²) in [6.07, 6.45) is 5.90. The lowest BCUT2D eigenvalue weighted by Gasteiger charge is -2.38. The molecular formula is C10H16ClN3O. The molecule has 1 heterocycles. The first-order valence-corrected chi connectivity index (χ1v) is 5.74. The molecule has 1 saturated carbocycles. The van der Waals surface area contributed by atoms with Gasteiger partial charge in [-0.1, -0.05) is 6.92 Å². The summed E-state index contributed by atoms with van der Waals surface area (Å²) in [4.78, 5) is 3.88. The molecule has 0 aromatic carbocycles. The number of aromatic nitrogens is 3. The van der Waals surface area contributed by atoms with Crippen LogP contribution in [-0.2, 0) is 6.54 Å². The van der Waals surface area contributed by atoms with E-state index in [-0.39, 0.29) is 5.41 Å². The zero-order valence-electron chi connectivity index (χ0n) is 8.86. The Morgan fingerprint density at radius 1 is 1.53 bits per heavy atom. The highest BCUT2D eigenvalue weighted by molar-refractivity contribution is 6.18. The number of aliphatic hydroxyl groups is 1. The molecule has 0 aliphatic heterocycles. The van der Waals surface area contributed by atoms with Crippen molar-refractivity contribution in [2.24, 2.45) is 5.41 Å². The van der Waals surface area contributed by atoms with Crippen LogP contribution in [0, 0.1) is 5.41 Å². The summed E-state index contributed by atoms with van der Waals surface area (Å²) in [6.45, 7) is 2.53. The van der Waals surface area contributed by atoms with Crippen LogP contribution in [0.15, 0.2) is 12.7 Å². The summed E-state index contributed by atoms with van der Waals surface area (Å²) in [5, 5.41) is 14.6. The number of alkyl halides is 1. The number of rotatable bonds is 3. The second-order valence-corrected chi connectivity index (χ2v) is 4.94. The molecule has 5 heteroatoms. The second-order valence-electron chi connectivity index (χ2n) is 4.67. The van der Waals surface area contributed by atoms with Crippen molar-refractivity contribution >= 4 is 11.6 Å². The molecule has 0 bridgehead atoms. The zero-order valence-corrected chi connectivity index (χ0v) is 9.61. The van der Waals surface area contributed by atoms with Crippen LogP contribution in [0.2, 0.25) is 0 Å². The molecule has 0 amide bonds. The molecule has 15 heavy (non-hydrogen) atoms. The third kappa shape index (κ3) is 1.76. The van der Waals surface area contributed by atoms with Gasteiger partial charge in [0.05, 0.1) is 12.1 Å². The summed E-state index contributed by atoms with van der Waals surface area (Å²) >= 11 is 5.97. The Hall–Kier alpha value is -0.610. The minimum absolute atomic E-state index is 0.208. The quantitative estimate of drug-likeness (QED) is 0.798. The highest BCUT2D eigenvalue weighted by Crippen LogP contribution is 2.47. The third-order valence-corrected chi connectivity index (χ3v) is 4.22. The highest BCUT2D eigenvalue weighted by Gasteiger charge is 2.50. The van der Waals surface area contributed by atoms with E-state index in [1.165, 1.54) is 6.33 Å². The van der Waals surface area contributed by atoms with Crippen molar-refractivity contribution in [3.05, 3.63) is 12.7 Å². The van der Waals surface area contributed by atoms with Crippen molar-refractivity contribution in [3.8, 4) is 0 Å². The molecule has 2 rings (SSSR count). The Morgan fingerprint density at radius 3 is 2.93 bits per heavy atom. The number of hydrogen-bond acceptors (Lipinski definition) is 3. The van der Waals surface area contributed by atoms with E-state index in [2.05, 4.69) is 10.1 Å². The first kappa shape index (κ1) is 10.9. The summed E-state index contributed by atoms with van der Waals surface area (Å²) in [5.74, 6) is 0.484. The van der Waals surface area contributed by atoms with Gasteiger partial charge in [0.25, 0.3) is 0 Å². The number of halogens is 1. The average Bonchev–Trinajstić information content (AvgIpc) is 2.78. The van der Waals surface area contributed by atoms with Gasteiger partial charge in [-0.05, 0) is 19.3 Å². The van der Waals surface area contributed by atoms with Crippen LogP contribution < -0.4 is 0 Å². The maximum Gasteiger partial charge on any atom is 0.137 e. The van der Waals surface area contributed by atoms with Gasteiger partial charge >= 0.3 is 0 Å². The Bertz CT molecular complexity index is 329. The monoisotopic (exact) mass is 229 g/mol. The molecular weight excluding hydrogens is 214 g/mol. The topological polar surface area (TPSA) is 50.9 Å². The summed E-state index contributed by atoms with van der Waals surface area (Å²) in [7, 11) is 0. The zero-order chi connectivity index (χ0) is 10.9. The van der Waals surface area contributed by atoms with E-state index in [0.29, 0.717) is 12.4 Å². The standard InChI is InChI=1S/C10H16ClN3O/c1-9(5-11)3-2-4-10(9,15)6-14-8-12-7-13-14/h7-8,15H,2-6H2,1H3/t9?,10-/m0/s1. The fourth-order valence-electron chi connectivity index (χ4n) is 2.35. The van der Waals surface area contributed by atoms with Crippen LogP contribution in [0.25, 0.3) is 0 Å². The molecule has 1 N–H and O–H groups in total. The van der Waals surface area contributed by atoms with Gasteiger partial charge in [0.1, 0.15) is 12.7 Å². The van der Waals surface area contributed by atoms with E-state index in [4.69, 9.17) is 11.6 Å². The molecule has 1 unspecified atom stereocenters. The van der Waals surface area contributed by atoms with E-state index in [1.807, 2.05) is 6.92 Å². The lowest BCUT2D eigenvalue weighted by atomic mass is 9.77. The first-order valence-electron chi connectivity index (χ1n) is 5.20. The third-order valence-electron chi connectivity index (χ3n) is 3.63. The molecule has 0 saturated heterocycles. The lowest BCUT2D eigenvalue weighted by molar-refractivity contribution is -0.0568. The minimum atomic E-state index is -0.748. The normalized spacial score (nSPS) is 35.9. The molecule has 1 aromatic rings. The van der Waals surface area contributed by atoms with Gasteiger partial charge in [0.2, 0.25) is 0 Å². The smallest absolute Gasteiger partial charge is 0.137 e. The Morgan fingerprint density at radius 2 is 2.33 bits per heavy atom. The van der Waals surface area contributed by atoms with Gasteiger partial charge in [-0.25, -0.2) is 4.98 Å². The molecule has 1 fully saturated rings. The van der Waals surface area contributed by atoms with Crippen molar-refractivity contribution in [2.45, 2.75) is 38.3 Å². The van der Waals surface area contributed by atoms with Crippen molar-refractivity contribution in [1.82, 2.24) is 14.8 Å². The molecule has 4 nitrogen and oxygen atoms in total. The first-order chi connectivity index (χ1) is 7.10. The van der Waals surface area contributed by atoms with E-state index in [9.17, 15) is 5.11 Å².